The van der Waals surface area contributed by atoms with E-state index in [-0.39, 0.29) is 18.1 Å². The Hall–Kier alpha value is -1.35. The van der Waals surface area contributed by atoms with E-state index < -0.39 is 0 Å². The molecular formula is C18H28N2O. The molecule has 2 rings (SSSR count). The Bertz CT molecular complexity index is 469. The van der Waals surface area contributed by atoms with Gasteiger partial charge in [-0.2, -0.15) is 0 Å². The zero-order chi connectivity index (χ0) is 15.6. The van der Waals surface area contributed by atoms with Gasteiger partial charge in [-0.15, -0.1) is 0 Å². The third-order valence-electron chi connectivity index (χ3n) is 4.59. The third kappa shape index (κ3) is 3.46. The number of nitrogens with one attached hydrogen (secondary N) is 1. The van der Waals surface area contributed by atoms with Crippen LogP contribution in [0.25, 0.3) is 0 Å². The molecule has 21 heavy (non-hydrogen) atoms. The summed E-state index contributed by atoms with van der Waals surface area (Å²) in [5, 5.41) is 3.53. The second-order valence-corrected chi connectivity index (χ2v) is 6.91. The SMILES string of the molecule is CC(C)C(C)CN1C(=O)C(c2ccccc2)NC1C(C)C. The van der Waals surface area contributed by atoms with E-state index in [9.17, 15) is 4.79 Å². The van der Waals surface area contributed by atoms with Crippen molar-refractivity contribution in [3.05, 3.63) is 35.9 Å². The summed E-state index contributed by atoms with van der Waals surface area (Å²) in [6.07, 6.45) is 0.129. The molecule has 1 N–H and O–H groups in total. The lowest BCUT2D eigenvalue weighted by atomic mass is 9.97. The van der Waals surface area contributed by atoms with Crippen molar-refractivity contribution in [2.45, 2.75) is 46.8 Å². The van der Waals surface area contributed by atoms with Crippen LogP contribution in [0.1, 0.15) is 46.2 Å². The molecule has 0 saturated carbocycles. The van der Waals surface area contributed by atoms with Gasteiger partial charge in [-0.3, -0.25) is 10.1 Å². The fourth-order valence-electron chi connectivity index (χ4n) is 2.80. The van der Waals surface area contributed by atoms with Gasteiger partial charge in [-0.1, -0.05) is 65.0 Å². The molecule has 0 aromatic heterocycles. The van der Waals surface area contributed by atoms with Crippen LogP contribution in [0.5, 0.6) is 0 Å². The topological polar surface area (TPSA) is 32.3 Å². The number of benzene rings is 1. The largest absolute Gasteiger partial charge is 0.325 e. The van der Waals surface area contributed by atoms with Crippen LogP contribution in [0.3, 0.4) is 0 Å². The summed E-state index contributed by atoms with van der Waals surface area (Å²) in [5.74, 6) is 1.71. The van der Waals surface area contributed by atoms with Gasteiger partial charge in [0.2, 0.25) is 5.91 Å². The molecule has 1 aromatic carbocycles. The fourth-order valence-corrected chi connectivity index (χ4v) is 2.80. The van der Waals surface area contributed by atoms with Crippen molar-refractivity contribution >= 4 is 5.91 Å². The second kappa shape index (κ2) is 6.61. The van der Waals surface area contributed by atoms with E-state index in [4.69, 9.17) is 0 Å². The molecular weight excluding hydrogens is 260 g/mol. The number of rotatable bonds is 5. The number of nitrogens with zero attached hydrogens (tertiary/aromatic N) is 1. The van der Waals surface area contributed by atoms with Crippen molar-refractivity contribution in [3.8, 4) is 0 Å². The molecule has 1 amide bonds. The maximum absolute atomic E-state index is 12.8. The highest BCUT2D eigenvalue weighted by Crippen LogP contribution is 2.29. The zero-order valence-corrected chi connectivity index (χ0v) is 13.8. The van der Waals surface area contributed by atoms with Crippen molar-refractivity contribution in [3.63, 3.8) is 0 Å². The van der Waals surface area contributed by atoms with Crippen LogP contribution in [0.2, 0.25) is 0 Å². The first-order valence-corrected chi connectivity index (χ1v) is 8.03. The molecule has 1 aliphatic heterocycles. The Balaban J connectivity index is 2.20. The smallest absolute Gasteiger partial charge is 0.245 e. The maximum Gasteiger partial charge on any atom is 0.245 e. The van der Waals surface area contributed by atoms with Gasteiger partial charge >= 0.3 is 0 Å². The van der Waals surface area contributed by atoms with Crippen LogP contribution in [-0.2, 0) is 4.79 Å². The molecule has 1 saturated heterocycles. The lowest BCUT2D eigenvalue weighted by molar-refractivity contribution is -0.131. The summed E-state index contributed by atoms with van der Waals surface area (Å²) in [5.41, 5.74) is 1.06. The van der Waals surface area contributed by atoms with E-state index in [2.05, 4.69) is 39.9 Å². The maximum atomic E-state index is 12.8. The lowest BCUT2D eigenvalue weighted by Crippen LogP contribution is -2.44. The lowest BCUT2D eigenvalue weighted by Gasteiger charge is -2.30. The molecule has 1 aromatic rings. The van der Waals surface area contributed by atoms with Gasteiger partial charge in [-0.25, -0.2) is 0 Å². The highest BCUT2D eigenvalue weighted by atomic mass is 16.2. The van der Waals surface area contributed by atoms with E-state index in [0.717, 1.165) is 12.1 Å². The van der Waals surface area contributed by atoms with Crippen LogP contribution in [0, 0.1) is 17.8 Å². The van der Waals surface area contributed by atoms with Gasteiger partial charge in [-0.05, 0) is 23.3 Å². The van der Waals surface area contributed by atoms with E-state index in [1.165, 1.54) is 0 Å². The molecule has 3 unspecified atom stereocenters. The minimum absolute atomic E-state index is 0.129. The second-order valence-electron chi connectivity index (χ2n) is 6.91. The predicted molar refractivity (Wildman–Crippen MR) is 86.7 cm³/mol. The van der Waals surface area contributed by atoms with Crippen LogP contribution in [-0.4, -0.2) is 23.5 Å². The molecule has 0 aliphatic carbocycles. The molecule has 1 heterocycles. The summed E-state index contributed by atoms with van der Waals surface area (Å²) in [6, 6.07) is 9.84. The van der Waals surface area contributed by atoms with Crippen LogP contribution < -0.4 is 5.32 Å². The minimum atomic E-state index is -0.196. The van der Waals surface area contributed by atoms with E-state index in [1.807, 2.05) is 35.2 Å². The standard InChI is InChI=1S/C18H28N2O/c1-12(2)14(5)11-20-17(13(3)4)19-16(18(20)21)15-9-7-6-8-10-15/h6-10,12-14,16-17,19H,11H2,1-5H3. The Labute approximate surface area is 128 Å². The molecule has 1 aliphatic rings. The van der Waals surface area contributed by atoms with Gasteiger partial charge in [0.05, 0.1) is 6.17 Å². The first-order valence-electron chi connectivity index (χ1n) is 8.03. The van der Waals surface area contributed by atoms with Crippen LogP contribution in [0.4, 0.5) is 0 Å². The van der Waals surface area contributed by atoms with Crippen molar-refractivity contribution in [2.24, 2.45) is 17.8 Å². The van der Waals surface area contributed by atoms with Crippen LogP contribution >= 0.6 is 0 Å². The van der Waals surface area contributed by atoms with Gasteiger partial charge in [0.25, 0.3) is 0 Å². The average molecular weight is 288 g/mol. The van der Waals surface area contributed by atoms with Crippen molar-refractivity contribution in [2.75, 3.05) is 6.54 Å². The summed E-state index contributed by atoms with van der Waals surface area (Å²) >= 11 is 0. The molecule has 0 spiro atoms. The Morgan fingerprint density at radius 3 is 2.24 bits per heavy atom. The molecule has 3 heteroatoms. The number of hydrogen-bond acceptors (Lipinski definition) is 2. The molecule has 3 nitrogen and oxygen atoms in total. The molecule has 3 atom stereocenters. The fraction of sp³-hybridized carbons (Fsp3) is 0.611. The summed E-state index contributed by atoms with van der Waals surface area (Å²) in [7, 11) is 0. The van der Waals surface area contributed by atoms with Crippen LogP contribution in [0.15, 0.2) is 30.3 Å². The Morgan fingerprint density at radius 2 is 1.71 bits per heavy atom. The highest BCUT2D eigenvalue weighted by molar-refractivity contribution is 5.85. The number of amides is 1. The number of carbonyl (C=O) groups is 1. The van der Waals surface area contributed by atoms with Gasteiger partial charge < -0.3 is 4.90 Å². The third-order valence-corrected chi connectivity index (χ3v) is 4.59. The quantitative estimate of drug-likeness (QED) is 0.900. The number of carbonyl (C=O) groups excluding carboxylic acids is 1. The zero-order valence-electron chi connectivity index (χ0n) is 13.8. The summed E-state index contributed by atoms with van der Waals surface area (Å²) in [6.45, 7) is 11.8. The predicted octanol–water partition coefficient (Wildman–Crippen LogP) is 3.43. The Morgan fingerprint density at radius 1 is 1.10 bits per heavy atom. The first-order chi connectivity index (χ1) is 9.91. The highest BCUT2D eigenvalue weighted by Gasteiger charge is 2.41. The monoisotopic (exact) mass is 288 g/mol. The van der Waals surface area contributed by atoms with Crippen molar-refractivity contribution in [1.29, 1.82) is 0 Å². The first kappa shape index (κ1) is 16.0. The normalized spacial score (nSPS) is 24.1. The van der Waals surface area contributed by atoms with E-state index in [0.29, 0.717) is 17.8 Å². The van der Waals surface area contributed by atoms with Crippen molar-refractivity contribution in [1.82, 2.24) is 10.2 Å². The molecule has 0 bridgehead atoms. The number of hydrogen-bond donors (Lipinski definition) is 1. The van der Waals surface area contributed by atoms with Crippen molar-refractivity contribution < 1.29 is 4.79 Å². The van der Waals surface area contributed by atoms with E-state index >= 15 is 0 Å². The van der Waals surface area contributed by atoms with E-state index in [1.54, 1.807) is 0 Å². The minimum Gasteiger partial charge on any atom is -0.325 e. The molecule has 1 fully saturated rings. The average Bonchev–Trinajstić information content (AvgIpc) is 2.77. The summed E-state index contributed by atoms with van der Waals surface area (Å²) in [4.78, 5) is 14.9. The van der Waals surface area contributed by atoms with Gasteiger partial charge in [0.15, 0.2) is 0 Å². The molecule has 0 radical (unpaired) electrons. The summed E-state index contributed by atoms with van der Waals surface area (Å²) < 4.78 is 0. The van der Waals surface area contributed by atoms with Gasteiger partial charge in [0, 0.05) is 6.54 Å². The van der Waals surface area contributed by atoms with Gasteiger partial charge in [0.1, 0.15) is 6.04 Å². The Kier molecular flexibility index (Phi) is 5.04. The molecule has 116 valence electrons.